The van der Waals surface area contributed by atoms with Gasteiger partial charge < -0.3 is 9.47 Å². The molecule has 0 aliphatic carbocycles. The Morgan fingerprint density at radius 1 is 0.935 bits per heavy atom. The number of nitrogens with zero attached hydrogens (tertiary/aromatic N) is 2. The van der Waals surface area contributed by atoms with Crippen molar-refractivity contribution in [3.8, 4) is 11.5 Å². The summed E-state index contributed by atoms with van der Waals surface area (Å²) in [6, 6.07) is 18.8. The van der Waals surface area contributed by atoms with Gasteiger partial charge >= 0.3 is 0 Å². The summed E-state index contributed by atoms with van der Waals surface area (Å²) in [4.78, 5) is 19.5. The monoisotopic (exact) mass is 416 g/mol. The number of aryl methyl sites for hydroxylation is 1. The second-order valence-corrected chi connectivity index (χ2v) is 7.06. The molecule has 1 aliphatic heterocycles. The van der Waals surface area contributed by atoms with Crippen LogP contribution in [0.2, 0.25) is 0 Å². The lowest BCUT2D eigenvalue weighted by Crippen LogP contribution is -2.32. The molecule has 6 heteroatoms. The van der Waals surface area contributed by atoms with Crippen LogP contribution in [-0.2, 0) is 4.79 Å². The molecule has 0 saturated carbocycles. The highest BCUT2D eigenvalue weighted by molar-refractivity contribution is 6.33. The Balaban J connectivity index is 1.82. The number of amidine groups is 1. The van der Waals surface area contributed by atoms with Crippen molar-refractivity contribution < 1.29 is 18.7 Å². The van der Waals surface area contributed by atoms with Gasteiger partial charge in [0.1, 0.15) is 28.8 Å². The van der Waals surface area contributed by atoms with E-state index in [0.29, 0.717) is 34.1 Å². The number of carbonyl (C=O) groups is 1. The van der Waals surface area contributed by atoms with E-state index in [-0.39, 0.29) is 17.4 Å². The van der Waals surface area contributed by atoms with Gasteiger partial charge in [-0.2, -0.15) is 0 Å². The molecule has 0 saturated heterocycles. The molecule has 0 spiro atoms. The number of ether oxygens (including phenoxy) is 2. The summed E-state index contributed by atoms with van der Waals surface area (Å²) >= 11 is 0. The number of aliphatic imine (C=N–C) groups is 1. The van der Waals surface area contributed by atoms with E-state index in [1.165, 1.54) is 17.0 Å². The molecule has 0 bridgehead atoms. The summed E-state index contributed by atoms with van der Waals surface area (Å²) in [5, 5.41) is 0. The van der Waals surface area contributed by atoms with Gasteiger partial charge in [0.15, 0.2) is 0 Å². The van der Waals surface area contributed by atoms with Crippen molar-refractivity contribution in [3.05, 3.63) is 94.9 Å². The topological polar surface area (TPSA) is 51.1 Å². The first-order chi connectivity index (χ1) is 15.0. The van der Waals surface area contributed by atoms with E-state index in [0.717, 1.165) is 5.56 Å². The summed E-state index contributed by atoms with van der Waals surface area (Å²) in [6.45, 7) is 1.98. The molecule has 5 nitrogen and oxygen atoms in total. The van der Waals surface area contributed by atoms with Crippen molar-refractivity contribution >= 4 is 23.5 Å². The molecule has 3 aromatic rings. The first-order valence-electron chi connectivity index (χ1n) is 9.69. The van der Waals surface area contributed by atoms with Crippen molar-refractivity contribution in [1.29, 1.82) is 0 Å². The van der Waals surface area contributed by atoms with E-state index >= 15 is 0 Å². The second kappa shape index (κ2) is 8.44. The Labute approximate surface area is 180 Å². The van der Waals surface area contributed by atoms with Gasteiger partial charge in [0, 0.05) is 17.2 Å². The fraction of sp³-hybridized carbons (Fsp3) is 0.120. The molecule has 4 rings (SSSR count). The van der Waals surface area contributed by atoms with Crippen molar-refractivity contribution in [3.63, 3.8) is 0 Å². The zero-order valence-electron chi connectivity index (χ0n) is 17.4. The Kier molecular flexibility index (Phi) is 5.54. The average molecular weight is 416 g/mol. The summed E-state index contributed by atoms with van der Waals surface area (Å²) < 4.78 is 24.1. The molecule has 0 fully saturated rings. The molecule has 0 atom stereocenters. The lowest BCUT2D eigenvalue weighted by Gasteiger charge is -2.18. The van der Waals surface area contributed by atoms with Crippen LogP contribution in [0.5, 0.6) is 11.5 Å². The lowest BCUT2D eigenvalue weighted by molar-refractivity contribution is -0.113. The summed E-state index contributed by atoms with van der Waals surface area (Å²) in [7, 11) is 3.13. The molecule has 0 aromatic heterocycles. The number of amides is 1. The maximum atomic E-state index is 13.5. The number of anilines is 1. The van der Waals surface area contributed by atoms with Crippen molar-refractivity contribution in [2.24, 2.45) is 4.99 Å². The van der Waals surface area contributed by atoms with Gasteiger partial charge in [-0.25, -0.2) is 9.38 Å². The minimum atomic E-state index is -0.353. The fourth-order valence-electron chi connectivity index (χ4n) is 3.33. The molecule has 1 heterocycles. The third-order valence-electron chi connectivity index (χ3n) is 4.99. The molecule has 31 heavy (non-hydrogen) atoms. The van der Waals surface area contributed by atoms with Gasteiger partial charge in [0.25, 0.3) is 5.91 Å². The van der Waals surface area contributed by atoms with E-state index in [2.05, 4.69) is 4.99 Å². The normalized spacial score (nSPS) is 14.7. The van der Waals surface area contributed by atoms with Gasteiger partial charge in [-0.05, 0) is 61.5 Å². The van der Waals surface area contributed by atoms with Crippen LogP contribution in [0.4, 0.5) is 10.1 Å². The largest absolute Gasteiger partial charge is 0.497 e. The predicted octanol–water partition coefficient (Wildman–Crippen LogP) is 4.99. The predicted molar refractivity (Wildman–Crippen MR) is 119 cm³/mol. The van der Waals surface area contributed by atoms with E-state index in [4.69, 9.17) is 9.47 Å². The van der Waals surface area contributed by atoms with Crippen LogP contribution in [0.15, 0.2) is 77.4 Å². The summed E-state index contributed by atoms with van der Waals surface area (Å²) in [5.74, 6) is 1.02. The first-order valence-corrected chi connectivity index (χ1v) is 9.69. The molecular weight excluding hydrogens is 395 g/mol. The maximum absolute atomic E-state index is 13.5. The molecule has 0 radical (unpaired) electrons. The van der Waals surface area contributed by atoms with Gasteiger partial charge in [0.05, 0.1) is 19.9 Å². The van der Waals surface area contributed by atoms with Crippen molar-refractivity contribution in [1.82, 2.24) is 0 Å². The highest BCUT2D eigenvalue weighted by Gasteiger charge is 2.32. The molecule has 0 N–H and O–H groups in total. The lowest BCUT2D eigenvalue weighted by atomic mass is 10.1. The van der Waals surface area contributed by atoms with E-state index < -0.39 is 0 Å². The van der Waals surface area contributed by atoms with Gasteiger partial charge in [-0.15, -0.1) is 0 Å². The standard InChI is InChI=1S/C25H21FN2O3/c1-16-4-11-20(12-5-16)28-24(17-6-9-19(26)10-7-17)27-22(25(28)29)14-18-8-13-21(30-2)15-23(18)31-3/h4-15H,1-3H3/b22-14+. The van der Waals surface area contributed by atoms with Crippen LogP contribution >= 0.6 is 0 Å². The fourth-order valence-corrected chi connectivity index (χ4v) is 3.33. The zero-order valence-corrected chi connectivity index (χ0v) is 17.4. The minimum absolute atomic E-state index is 0.253. The van der Waals surface area contributed by atoms with E-state index in [9.17, 15) is 9.18 Å². The van der Waals surface area contributed by atoms with Gasteiger partial charge in [-0.3, -0.25) is 9.69 Å². The summed E-state index contributed by atoms with van der Waals surface area (Å²) in [6.07, 6.45) is 1.68. The number of carbonyl (C=O) groups excluding carboxylic acids is 1. The molecule has 1 amide bonds. The van der Waals surface area contributed by atoms with Crippen LogP contribution in [0.25, 0.3) is 6.08 Å². The van der Waals surface area contributed by atoms with Crippen LogP contribution in [0, 0.1) is 12.7 Å². The third kappa shape index (κ3) is 4.05. The average Bonchev–Trinajstić information content (AvgIpc) is 3.11. The molecule has 156 valence electrons. The minimum Gasteiger partial charge on any atom is -0.497 e. The number of methoxy groups -OCH3 is 2. The first kappa shape index (κ1) is 20.3. The van der Waals surface area contributed by atoms with Crippen molar-refractivity contribution in [2.75, 3.05) is 19.1 Å². The number of hydrogen-bond donors (Lipinski definition) is 0. The highest BCUT2D eigenvalue weighted by atomic mass is 19.1. The summed E-state index contributed by atoms with van der Waals surface area (Å²) in [5.41, 5.74) is 3.35. The Morgan fingerprint density at radius 3 is 2.29 bits per heavy atom. The molecule has 1 aliphatic rings. The van der Waals surface area contributed by atoms with Gasteiger partial charge in [0.2, 0.25) is 0 Å². The quantitative estimate of drug-likeness (QED) is 0.551. The van der Waals surface area contributed by atoms with E-state index in [1.54, 1.807) is 50.6 Å². The Morgan fingerprint density at radius 2 is 1.65 bits per heavy atom. The van der Waals surface area contributed by atoms with Crippen LogP contribution in [0.3, 0.4) is 0 Å². The number of rotatable bonds is 5. The SMILES string of the molecule is COc1ccc(/C=C2/N=C(c3ccc(F)cc3)N(c3ccc(C)cc3)C2=O)c(OC)c1. The second-order valence-electron chi connectivity index (χ2n) is 7.06. The smallest absolute Gasteiger partial charge is 0.282 e. The van der Waals surface area contributed by atoms with Crippen LogP contribution in [0.1, 0.15) is 16.7 Å². The van der Waals surface area contributed by atoms with Gasteiger partial charge in [-0.1, -0.05) is 17.7 Å². The maximum Gasteiger partial charge on any atom is 0.282 e. The Hall–Kier alpha value is -3.93. The molecular formula is C25H21FN2O3. The van der Waals surface area contributed by atoms with Crippen LogP contribution in [-0.4, -0.2) is 26.0 Å². The highest BCUT2D eigenvalue weighted by Crippen LogP contribution is 2.31. The van der Waals surface area contributed by atoms with Crippen molar-refractivity contribution in [2.45, 2.75) is 6.92 Å². The van der Waals surface area contributed by atoms with E-state index in [1.807, 2.05) is 31.2 Å². The molecule has 0 unspecified atom stereocenters. The molecule has 3 aromatic carbocycles. The van der Waals surface area contributed by atoms with Crippen LogP contribution < -0.4 is 14.4 Å². The number of benzene rings is 3. The third-order valence-corrected chi connectivity index (χ3v) is 4.99. The number of hydrogen-bond acceptors (Lipinski definition) is 4. The number of halogens is 1. The zero-order chi connectivity index (χ0) is 22.0. The Bertz CT molecular complexity index is 1180.